The first-order valence-electron chi connectivity index (χ1n) is 8.65. The predicted molar refractivity (Wildman–Crippen MR) is 90.4 cm³/mol. The lowest BCUT2D eigenvalue weighted by Crippen LogP contribution is -2.50. The van der Waals surface area contributed by atoms with Crippen LogP contribution >= 0.6 is 0 Å². The monoisotopic (exact) mass is 308 g/mol. The van der Waals surface area contributed by atoms with Crippen molar-refractivity contribution in [3.63, 3.8) is 0 Å². The van der Waals surface area contributed by atoms with Crippen LogP contribution in [0.2, 0.25) is 0 Å². The van der Waals surface area contributed by atoms with Gasteiger partial charge in [0.1, 0.15) is 6.10 Å². The van der Waals surface area contributed by atoms with E-state index >= 15 is 0 Å². The van der Waals surface area contributed by atoms with Gasteiger partial charge in [-0.15, -0.1) is 0 Å². The summed E-state index contributed by atoms with van der Waals surface area (Å²) in [6, 6.07) is 0. The van der Waals surface area contributed by atoms with Gasteiger partial charge >= 0.3 is 0 Å². The molecule has 126 valence electrons. The second kappa shape index (κ2) is 9.35. The molecule has 2 atom stereocenters. The molecule has 1 aliphatic heterocycles. The highest BCUT2D eigenvalue weighted by molar-refractivity contribution is 5.26. The molecule has 1 fully saturated rings. The van der Waals surface area contributed by atoms with Crippen molar-refractivity contribution in [3.8, 4) is 11.8 Å². The zero-order valence-electron chi connectivity index (χ0n) is 14.7. The van der Waals surface area contributed by atoms with E-state index in [9.17, 15) is 5.11 Å². The lowest BCUT2D eigenvalue weighted by molar-refractivity contribution is -0.291. The van der Waals surface area contributed by atoms with E-state index in [0.29, 0.717) is 13.0 Å². The van der Waals surface area contributed by atoms with Crippen molar-refractivity contribution in [2.24, 2.45) is 0 Å². The van der Waals surface area contributed by atoms with Gasteiger partial charge < -0.3 is 14.6 Å². The number of hydrogen-bond donors (Lipinski definition) is 1. The number of rotatable bonds is 7. The zero-order chi connectivity index (χ0) is 16.5. The number of hydrogen-bond acceptors (Lipinski definition) is 3. The van der Waals surface area contributed by atoms with E-state index in [1.165, 1.54) is 0 Å². The highest BCUT2D eigenvalue weighted by Crippen LogP contribution is 2.29. The molecule has 0 bridgehead atoms. The van der Waals surface area contributed by atoms with E-state index < -0.39 is 11.4 Å². The Morgan fingerprint density at radius 1 is 1.27 bits per heavy atom. The Morgan fingerprint density at radius 2 is 2.00 bits per heavy atom. The van der Waals surface area contributed by atoms with Crippen LogP contribution in [0.4, 0.5) is 0 Å². The zero-order valence-corrected chi connectivity index (χ0v) is 14.7. The van der Waals surface area contributed by atoms with E-state index in [2.05, 4.69) is 25.7 Å². The highest BCUT2D eigenvalue weighted by atomic mass is 16.7. The van der Waals surface area contributed by atoms with Crippen molar-refractivity contribution in [2.75, 3.05) is 6.61 Å². The van der Waals surface area contributed by atoms with Gasteiger partial charge in [-0.1, -0.05) is 51.0 Å². The SMILES string of the molecule is CCCCC#C[C@@](O)(/C=C/CCCC)[C@@H]1CCOC(C)(C)O1. The summed E-state index contributed by atoms with van der Waals surface area (Å²) < 4.78 is 11.5. The molecule has 0 unspecified atom stereocenters. The van der Waals surface area contributed by atoms with Crippen LogP contribution in [0.15, 0.2) is 12.2 Å². The predicted octanol–water partition coefficient (Wildman–Crippen LogP) is 4.20. The molecule has 0 aliphatic carbocycles. The van der Waals surface area contributed by atoms with Crippen LogP contribution in [0.1, 0.15) is 72.6 Å². The summed E-state index contributed by atoms with van der Waals surface area (Å²) in [6.07, 6.45) is 10.4. The van der Waals surface area contributed by atoms with Crippen molar-refractivity contribution in [3.05, 3.63) is 12.2 Å². The molecule has 0 saturated carbocycles. The average molecular weight is 308 g/mol. The van der Waals surface area contributed by atoms with Crippen molar-refractivity contribution < 1.29 is 14.6 Å². The van der Waals surface area contributed by atoms with Crippen LogP contribution in [0.25, 0.3) is 0 Å². The molecule has 1 aliphatic rings. The topological polar surface area (TPSA) is 38.7 Å². The summed E-state index contributed by atoms with van der Waals surface area (Å²) in [5, 5.41) is 11.0. The second-order valence-electron chi connectivity index (χ2n) is 6.42. The first-order chi connectivity index (χ1) is 10.4. The summed E-state index contributed by atoms with van der Waals surface area (Å²) >= 11 is 0. The summed E-state index contributed by atoms with van der Waals surface area (Å²) in [4.78, 5) is 0. The third-order valence-electron chi connectivity index (χ3n) is 3.79. The van der Waals surface area contributed by atoms with E-state index in [1.807, 2.05) is 26.0 Å². The molecule has 0 amide bonds. The lowest BCUT2D eigenvalue weighted by Gasteiger charge is -2.40. The number of allylic oxidation sites excluding steroid dienone is 1. The van der Waals surface area contributed by atoms with Crippen LogP contribution in [0.5, 0.6) is 0 Å². The molecule has 3 heteroatoms. The minimum absolute atomic E-state index is 0.344. The number of unbranched alkanes of at least 4 members (excludes halogenated alkanes) is 4. The Bertz CT molecular complexity index is 403. The highest BCUT2D eigenvalue weighted by Gasteiger charge is 2.40. The molecule has 1 heterocycles. The fourth-order valence-corrected chi connectivity index (χ4v) is 2.44. The minimum atomic E-state index is -1.22. The fraction of sp³-hybridized carbons (Fsp3) is 0.789. The largest absolute Gasteiger partial charge is 0.371 e. The van der Waals surface area contributed by atoms with Crippen molar-refractivity contribution in [1.82, 2.24) is 0 Å². The Morgan fingerprint density at radius 3 is 2.64 bits per heavy atom. The summed E-state index contributed by atoms with van der Waals surface area (Å²) in [7, 11) is 0. The van der Waals surface area contributed by atoms with Gasteiger partial charge in [0, 0.05) is 12.8 Å². The molecule has 0 spiro atoms. The molecule has 0 radical (unpaired) electrons. The Balaban J connectivity index is 2.83. The van der Waals surface area contributed by atoms with E-state index in [1.54, 1.807) is 0 Å². The molecule has 0 aromatic rings. The first kappa shape index (κ1) is 19.2. The number of ether oxygens (including phenoxy) is 2. The van der Waals surface area contributed by atoms with Crippen LogP contribution in [0, 0.1) is 11.8 Å². The molecule has 1 saturated heterocycles. The summed E-state index contributed by atoms with van der Waals surface area (Å²) in [6.45, 7) is 8.65. The fourth-order valence-electron chi connectivity index (χ4n) is 2.44. The van der Waals surface area contributed by atoms with Crippen molar-refractivity contribution >= 4 is 0 Å². The number of aliphatic hydroxyl groups is 1. The van der Waals surface area contributed by atoms with E-state index in [-0.39, 0.29) is 6.10 Å². The second-order valence-corrected chi connectivity index (χ2v) is 6.42. The molecular formula is C19H32O3. The van der Waals surface area contributed by atoms with Crippen molar-refractivity contribution in [2.45, 2.75) is 90.1 Å². The van der Waals surface area contributed by atoms with E-state index in [4.69, 9.17) is 9.47 Å². The van der Waals surface area contributed by atoms with Crippen LogP contribution in [0.3, 0.4) is 0 Å². The van der Waals surface area contributed by atoms with Gasteiger partial charge in [-0.3, -0.25) is 0 Å². The van der Waals surface area contributed by atoms with Gasteiger partial charge in [-0.05, 0) is 32.8 Å². The standard InChI is InChI=1S/C19H32O3/c1-5-7-9-11-14-19(20,15-12-10-8-6-2)17-13-16-21-18(3,4)22-17/h11,14,17,20H,5-10,13,16H2,1-4H3/b14-11+/t17-,19-/m0/s1. The maximum atomic E-state index is 11.0. The normalized spacial score (nSPS) is 23.8. The van der Waals surface area contributed by atoms with Gasteiger partial charge in [0.05, 0.1) is 6.61 Å². The molecule has 3 nitrogen and oxygen atoms in total. The quantitative estimate of drug-likeness (QED) is 0.435. The molecular weight excluding hydrogens is 276 g/mol. The Hall–Kier alpha value is -0.820. The minimum Gasteiger partial charge on any atom is -0.371 e. The average Bonchev–Trinajstić information content (AvgIpc) is 2.47. The smallest absolute Gasteiger partial charge is 0.170 e. The Labute approximate surface area is 136 Å². The van der Waals surface area contributed by atoms with Crippen LogP contribution < -0.4 is 0 Å². The van der Waals surface area contributed by atoms with Gasteiger partial charge in [0.25, 0.3) is 0 Å². The molecule has 0 aromatic heterocycles. The van der Waals surface area contributed by atoms with Gasteiger partial charge in [-0.2, -0.15) is 0 Å². The van der Waals surface area contributed by atoms with Gasteiger partial charge in [0.2, 0.25) is 0 Å². The van der Waals surface area contributed by atoms with Crippen molar-refractivity contribution in [1.29, 1.82) is 0 Å². The maximum Gasteiger partial charge on any atom is 0.170 e. The van der Waals surface area contributed by atoms with Crippen LogP contribution in [-0.4, -0.2) is 29.2 Å². The van der Waals surface area contributed by atoms with Gasteiger partial charge in [-0.25, -0.2) is 0 Å². The lowest BCUT2D eigenvalue weighted by atomic mass is 9.92. The molecule has 0 aromatic carbocycles. The first-order valence-corrected chi connectivity index (χ1v) is 8.65. The molecule has 22 heavy (non-hydrogen) atoms. The molecule has 1 rings (SSSR count). The van der Waals surface area contributed by atoms with Crippen LogP contribution in [-0.2, 0) is 9.47 Å². The summed E-state index contributed by atoms with van der Waals surface area (Å²) in [5.74, 6) is 5.51. The summed E-state index contributed by atoms with van der Waals surface area (Å²) in [5.41, 5.74) is -1.22. The van der Waals surface area contributed by atoms with Gasteiger partial charge in [0.15, 0.2) is 11.4 Å². The maximum absolute atomic E-state index is 11.0. The third kappa shape index (κ3) is 6.52. The Kier molecular flexibility index (Phi) is 8.17. The molecule has 1 N–H and O–H groups in total. The van der Waals surface area contributed by atoms with E-state index in [0.717, 1.165) is 38.5 Å². The third-order valence-corrected chi connectivity index (χ3v) is 3.79.